The number of allylic oxidation sites excluding steroid dienone is 1. The van der Waals surface area contributed by atoms with Crippen molar-refractivity contribution in [3.05, 3.63) is 41.5 Å². The highest BCUT2D eigenvalue weighted by atomic mass is 14.3. The summed E-state index contributed by atoms with van der Waals surface area (Å²) < 4.78 is 0. The molecule has 0 heteroatoms. The van der Waals surface area contributed by atoms with Gasteiger partial charge in [-0.25, -0.2) is 0 Å². The zero-order chi connectivity index (χ0) is 11.9. The number of hydrogen-bond acceptors (Lipinski definition) is 0. The lowest BCUT2D eigenvalue weighted by Crippen LogP contribution is -2.24. The van der Waals surface area contributed by atoms with E-state index in [-0.39, 0.29) is 0 Å². The van der Waals surface area contributed by atoms with Gasteiger partial charge in [0.05, 0.1) is 0 Å². The van der Waals surface area contributed by atoms with Crippen LogP contribution in [0.5, 0.6) is 0 Å². The Kier molecular flexibility index (Phi) is 2.69. The molecule has 0 nitrogen and oxygen atoms in total. The van der Waals surface area contributed by atoms with E-state index in [4.69, 9.17) is 0 Å². The molecule has 1 aliphatic rings. The van der Waals surface area contributed by atoms with Crippen LogP contribution < -0.4 is 0 Å². The van der Waals surface area contributed by atoms with E-state index in [1.807, 2.05) is 0 Å². The summed E-state index contributed by atoms with van der Waals surface area (Å²) in [5.74, 6) is 0.679. The average molecular weight is 214 g/mol. The molecule has 0 aromatic heterocycles. The van der Waals surface area contributed by atoms with Crippen LogP contribution in [0, 0.1) is 5.41 Å². The van der Waals surface area contributed by atoms with E-state index in [0.717, 1.165) is 0 Å². The molecular weight excluding hydrogens is 192 g/mol. The van der Waals surface area contributed by atoms with Crippen LogP contribution in [0.25, 0.3) is 5.57 Å². The highest BCUT2D eigenvalue weighted by molar-refractivity contribution is 5.63. The second kappa shape index (κ2) is 3.76. The first-order valence-corrected chi connectivity index (χ1v) is 6.18. The van der Waals surface area contributed by atoms with E-state index in [9.17, 15) is 0 Å². The molecule has 0 saturated heterocycles. The maximum Gasteiger partial charge on any atom is -0.0182 e. The number of hydrogen-bond donors (Lipinski definition) is 0. The van der Waals surface area contributed by atoms with Crippen LogP contribution in [0.4, 0.5) is 0 Å². The minimum absolute atomic E-state index is 0.456. The van der Waals surface area contributed by atoms with E-state index >= 15 is 0 Å². The molecule has 16 heavy (non-hydrogen) atoms. The van der Waals surface area contributed by atoms with Gasteiger partial charge in [-0.15, -0.1) is 0 Å². The van der Waals surface area contributed by atoms with Gasteiger partial charge in [0.1, 0.15) is 0 Å². The molecule has 1 aromatic rings. The van der Waals surface area contributed by atoms with Gasteiger partial charge < -0.3 is 0 Å². The molecule has 0 bridgehead atoms. The van der Waals surface area contributed by atoms with Crippen molar-refractivity contribution in [1.82, 2.24) is 0 Å². The largest absolute Gasteiger partial charge is 0.0955 e. The zero-order valence-corrected chi connectivity index (χ0v) is 10.9. The Balaban J connectivity index is 2.45. The van der Waals surface area contributed by atoms with Crippen LogP contribution >= 0.6 is 0 Å². The van der Waals surface area contributed by atoms with Crippen LogP contribution in [0.15, 0.2) is 24.8 Å². The van der Waals surface area contributed by atoms with Crippen molar-refractivity contribution < 1.29 is 0 Å². The molecule has 0 amide bonds. The van der Waals surface area contributed by atoms with Crippen molar-refractivity contribution in [3.8, 4) is 0 Å². The summed E-state index contributed by atoms with van der Waals surface area (Å²) in [6, 6.07) is 6.86. The van der Waals surface area contributed by atoms with Gasteiger partial charge in [-0.2, -0.15) is 0 Å². The van der Waals surface area contributed by atoms with Crippen LogP contribution in [0.2, 0.25) is 0 Å². The minimum Gasteiger partial charge on any atom is -0.0955 e. The molecule has 0 N–H and O–H groups in total. The van der Waals surface area contributed by atoms with Crippen molar-refractivity contribution in [2.45, 2.75) is 46.5 Å². The molecule has 2 rings (SSSR count). The summed E-state index contributed by atoms with van der Waals surface area (Å²) in [6.45, 7) is 13.2. The fourth-order valence-corrected chi connectivity index (χ4v) is 3.01. The van der Waals surface area contributed by atoms with E-state index in [1.165, 1.54) is 29.5 Å². The average Bonchev–Trinajstić information content (AvgIpc) is 2.15. The van der Waals surface area contributed by atoms with Gasteiger partial charge in [-0.05, 0) is 47.8 Å². The molecule has 0 spiro atoms. The highest BCUT2D eigenvalue weighted by Crippen LogP contribution is 2.42. The first-order chi connectivity index (χ1) is 7.39. The lowest BCUT2D eigenvalue weighted by molar-refractivity contribution is 0.288. The van der Waals surface area contributed by atoms with Crippen molar-refractivity contribution in [2.75, 3.05) is 0 Å². The fourth-order valence-electron chi connectivity index (χ4n) is 3.01. The third kappa shape index (κ3) is 2.07. The van der Waals surface area contributed by atoms with Gasteiger partial charge in [-0.3, -0.25) is 0 Å². The third-order valence-electron chi connectivity index (χ3n) is 3.70. The predicted molar refractivity (Wildman–Crippen MR) is 71.7 cm³/mol. The van der Waals surface area contributed by atoms with Crippen LogP contribution in [0.3, 0.4) is 0 Å². The van der Waals surface area contributed by atoms with E-state index in [0.29, 0.717) is 11.3 Å². The SMILES string of the molecule is C=C(C)c1ccc2c(c1)C(C)CC(C)(C)C2. The van der Waals surface area contributed by atoms with Gasteiger partial charge in [0.15, 0.2) is 0 Å². The van der Waals surface area contributed by atoms with Gasteiger partial charge in [-0.1, -0.05) is 51.1 Å². The molecule has 86 valence electrons. The van der Waals surface area contributed by atoms with Crippen molar-refractivity contribution >= 4 is 5.57 Å². The van der Waals surface area contributed by atoms with Crippen LogP contribution in [0.1, 0.15) is 56.7 Å². The molecule has 0 saturated carbocycles. The number of fused-ring (bicyclic) bond motifs is 1. The maximum atomic E-state index is 4.03. The normalized spacial score (nSPS) is 22.6. The summed E-state index contributed by atoms with van der Waals surface area (Å²) in [5.41, 5.74) is 6.00. The summed E-state index contributed by atoms with van der Waals surface area (Å²) in [4.78, 5) is 0. The summed E-state index contributed by atoms with van der Waals surface area (Å²) in [5, 5.41) is 0. The first kappa shape index (κ1) is 11.4. The molecule has 1 atom stereocenters. The van der Waals surface area contributed by atoms with E-state index in [2.05, 4.69) is 52.5 Å². The van der Waals surface area contributed by atoms with Crippen molar-refractivity contribution in [2.24, 2.45) is 5.41 Å². The molecule has 1 aromatic carbocycles. The third-order valence-corrected chi connectivity index (χ3v) is 3.70. The molecule has 0 heterocycles. The molecule has 0 fully saturated rings. The lowest BCUT2D eigenvalue weighted by Gasteiger charge is -2.35. The molecule has 0 aliphatic heterocycles. The number of benzene rings is 1. The molecule has 1 aliphatic carbocycles. The Morgan fingerprint density at radius 3 is 2.69 bits per heavy atom. The summed E-state index contributed by atoms with van der Waals surface area (Å²) >= 11 is 0. The Hall–Kier alpha value is -1.04. The quantitative estimate of drug-likeness (QED) is 0.630. The zero-order valence-electron chi connectivity index (χ0n) is 10.9. The number of rotatable bonds is 1. The Labute approximate surface area is 99.4 Å². The van der Waals surface area contributed by atoms with E-state index < -0.39 is 0 Å². The summed E-state index contributed by atoms with van der Waals surface area (Å²) in [6.07, 6.45) is 2.50. The second-order valence-corrected chi connectivity index (χ2v) is 6.14. The molecule has 0 radical (unpaired) electrons. The van der Waals surface area contributed by atoms with Gasteiger partial charge in [0.2, 0.25) is 0 Å². The predicted octanol–water partition coefficient (Wildman–Crippen LogP) is 4.80. The first-order valence-electron chi connectivity index (χ1n) is 6.18. The lowest BCUT2D eigenvalue weighted by atomic mass is 9.69. The van der Waals surface area contributed by atoms with Gasteiger partial charge in [0, 0.05) is 0 Å². The Morgan fingerprint density at radius 1 is 1.38 bits per heavy atom. The Morgan fingerprint density at radius 2 is 2.06 bits per heavy atom. The second-order valence-electron chi connectivity index (χ2n) is 6.14. The maximum absolute atomic E-state index is 4.03. The molecule has 1 unspecified atom stereocenters. The Bertz CT molecular complexity index is 424. The van der Waals surface area contributed by atoms with Gasteiger partial charge >= 0.3 is 0 Å². The van der Waals surface area contributed by atoms with Gasteiger partial charge in [0.25, 0.3) is 0 Å². The van der Waals surface area contributed by atoms with E-state index in [1.54, 1.807) is 5.56 Å². The fraction of sp³-hybridized carbons (Fsp3) is 0.500. The van der Waals surface area contributed by atoms with Crippen LogP contribution in [-0.4, -0.2) is 0 Å². The topological polar surface area (TPSA) is 0 Å². The monoisotopic (exact) mass is 214 g/mol. The summed E-state index contributed by atoms with van der Waals surface area (Å²) in [7, 11) is 0. The minimum atomic E-state index is 0.456. The van der Waals surface area contributed by atoms with Crippen molar-refractivity contribution in [3.63, 3.8) is 0 Å². The molecular formula is C16H22. The highest BCUT2D eigenvalue weighted by Gasteiger charge is 2.29. The van der Waals surface area contributed by atoms with Crippen LogP contribution in [-0.2, 0) is 6.42 Å². The van der Waals surface area contributed by atoms with Crippen molar-refractivity contribution in [1.29, 1.82) is 0 Å². The smallest absolute Gasteiger partial charge is 0.0182 e. The standard InChI is InChI=1S/C16H22/c1-11(2)13-6-7-14-10-16(4,5)9-12(3)15(14)8-13/h6-8,12H,1,9-10H2,2-5H3.